The average Bonchev–Trinajstić information content (AvgIpc) is 3.27. The fourth-order valence-electron chi connectivity index (χ4n) is 4.73. The molecule has 0 radical (unpaired) electrons. The Hall–Kier alpha value is -1.69. The van der Waals surface area contributed by atoms with Gasteiger partial charge in [-0.1, -0.05) is 6.07 Å². The largest absolute Gasteiger partial charge is 0.396 e. The fraction of sp³-hybridized carbons (Fsp3) is 0.609. The number of aromatic nitrogens is 2. The highest BCUT2D eigenvalue weighted by Gasteiger charge is 2.37. The molecule has 4 rings (SSSR count). The van der Waals surface area contributed by atoms with Crippen LogP contribution in [0.1, 0.15) is 49.7 Å². The van der Waals surface area contributed by atoms with Crippen molar-refractivity contribution in [2.45, 2.75) is 58.1 Å². The van der Waals surface area contributed by atoms with E-state index in [4.69, 9.17) is 4.74 Å². The van der Waals surface area contributed by atoms with Crippen molar-refractivity contribution in [2.24, 2.45) is 5.41 Å². The van der Waals surface area contributed by atoms with Crippen LogP contribution < -0.4 is 0 Å². The Bertz CT molecular complexity index is 745. The molecule has 5 nitrogen and oxygen atoms in total. The Kier molecular flexibility index (Phi) is 6.14. The lowest BCUT2D eigenvalue weighted by Gasteiger charge is -2.43. The van der Waals surface area contributed by atoms with Crippen LogP contribution in [0.2, 0.25) is 0 Å². The highest BCUT2D eigenvalue weighted by atomic mass is 16.5. The number of aliphatic hydroxyl groups excluding tert-OH is 1. The van der Waals surface area contributed by atoms with E-state index in [0.717, 1.165) is 57.6 Å². The molecule has 1 aromatic heterocycles. The van der Waals surface area contributed by atoms with E-state index in [2.05, 4.69) is 35.1 Å². The lowest BCUT2D eigenvalue weighted by molar-refractivity contribution is -0.0486. The Balaban J connectivity index is 1.34. The molecular weight excluding hydrogens is 350 g/mol. The van der Waals surface area contributed by atoms with Crippen molar-refractivity contribution in [1.29, 1.82) is 0 Å². The lowest BCUT2D eigenvalue weighted by Crippen LogP contribution is -2.44. The summed E-state index contributed by atoms with van der Waals surface area (Å²) in [5.41, 5.74) is 3.85. The summed E-state index contributed by atoms with van der Waals surface area (Å²) in [7, 11) is 0. The van der Waals surface area contributed by atoms with Crippen LogP contribution >= 0.6 is 0 Å². The molecule has 0 aliphatic carbocycles. The van der Waals surface area contributed by atoms with Crippen molar-refractivity contribution < 1.29 is 9.84 Å². The van der Waals surface area contributed by atoms with Gasteiger partial charge in [0, 0.05) is 32.2 Å². The van der Waals surface area contributed by atoms with Crippen LogP contribution in [0.5, 0.6) is 0 Å². The van der Waals surface area contributed by atoms with E-state index in [1.54, 1.807) is 0 Å². The van der Waals surface area contributed by atoms with Gasteiger partial charge in [-0.05, 0) is 93.3 Å². The SMILES string of the molecule is Cc1cc(-n2cccn2)ccc1CN1CCC(CO)(C[C@H]2CCCCO2)CC1. The molecule has 0 amide bonds. The normalized spacial score (nSPS) is 23.0. The van der Waals surface area contributed by atoms with Crippen LogP contribution in [-0.2, 0) is 11.3 Å². The van der Waals surface area contributed by atoms with Gasteiger partial charge in [0.2, 0.25) is 0 Å². The number of hydrogen-bond donors (Lipinski definition) is 1. The Morgan fingerprint density at radius 2 is 2.11 bits per heavy atom. The number of rotatable bonds is 6. The van der Waals surface area contributed by atoms with Gasteiger partial charge in [-0.2, -0.15) is 5.10 Å². The molecule has 28 heavy (non-hydrogen) atoms. The first-order chi connectivity index (χ1) is 13.7. The minimum Gasteiger partial charge on any atom is -0.396 e. The van der Waals surface area contributed by atoms with Gasteiger partial charge in [-0.15, -0.1) is 0 Å². The van der Waals surface area contributed by atoms with Gasteiger partial charge in [-0.25, -0.2) is 4.68 Å². The van der Waals surface area contributed by atoms with Crippen molar-refractivity contribution in [3.63, 3.8) is 0 Å². The van der Waals surface area contributed by atoms with Gasteiger partial charge in [0.05, 0.1) is 11.8 Å². The van der Waals surface area contributed by atoms with Gasteiger partial charge in [0.1, 0.15) is 0 Å². The molecule has 1 atom stereocenters. The summed E-state index contributed by atoms with van der Waals surface area (Å²) >= 11 is 0. The maximum atomic E-state index is 10.1. The van der Waals surface area contributed by atoms with Crippen LogP contribution in [0.3, 0.4) is 0 Å². The quantitative estimate of drug-likeness (QED) is 0.826. The number of ether oxygens (including phenoxy) is 1. The first kappa shape index (κ1) is 19.6. The van der Waals surface area contributed by atoms with E-state index < -0.39 is 0 Å². The Labute approximate surface area is 168 Å². The number of aryl methyl sites for hydroxylation is 1. The molecule has 2 aromatic rings. The summed E-state index contributed by atoms with van der Waals surface area (Å²) < 4.78 is 7.86. The van der Waals surface area contributed by atoms with Gasteiger partial charge < -0.3 is 9.84 Å². The average molecular weight is 384 g/mol. The monoisotopic (exact) mass is 383 g/mol. The van der Waals surface area contributed by atoms with Crippen LogP contribution in [-0.4, -0.2) is 52.2 Å². The molecule has 2 aliphatic rings. The van der Waals surface area contributed by atoms with E-state index in [-0.39, 0.29) is 12.0 Å². The second-order valence-electron chi connectivity index (χ2n) is 8.69. The van der Waals surface area contributed by atoms with Gasteiger partial charge >= 0.3 is 0 Å². The van der Waals surface area contributed by atoms with E-state index in [1.165, 1.54) is 24.0 Å². The molecule has 2 aliphatic heterocycles. The van der Waals surface area contributed by atoms with Crippen LogP contribution in [0.25, 0.3) is 5.69 Å². The maximum absolute atomic E-state index is 10.1. The van der Waals surface area contributed by atoms with E-state index >= 15 is 0 Å². The molecule has 2 fully saturated rings. The third-order valence-corrected chi connectivity index (χ3v) is 6.68. The molecule has 1 N–H and O–H groups in total. The first-order valence-electron chi connectivity index (χ1n) is 10.7. The molecule has 1 aromatic carbocycles. The van der Waals surface area contributed by atoms with Crippen LogP contribution in [0.15, 0.2) is 36.7 Å². The molecule has 0 bridgehead atoms. The smallest absolute Gasteiger partial charge is 0.0648 e. The molecule has 3 heterocycles. The lowest BCUT2D eigenvalue weighted by atomic mass is 9.74. The fourth-order valence-corrected chi connectivity index (χ4v) is 4.73. The Morgan fingerprint density at radius 3 is 2.75 bits per heavy atom. The molecule has 152 valence electrons. The number of likely N-dealkylation sites (tertiary alicyclic amines) is 1. The van der Waals surface area contributed by atoms with Crippen molar-refractivity contribution in [3.05, 3.63) is 47.8 Å². The minimum atomic E-state index is 0.0531. The van der Waals surface area contributed by atoms with E-state index in [9.17, 15) is 5.11 Å². The zero-order chi connectivity index (χ0) is 19.4. The van der Waals surface area contributed by atoms with Crippen molar-refractivity contribution >= 4 is 0 Å². The van der Waals surface area contributed by atoms with Gasteiger partial charge in [0.25, 0.3) is 0 Å². The highest BCUT2D eigenvalue weighted by molar-refractivity contribution is 5.39. The van der Waals surface area contributed by atoms with E-state index in [0.29, 0.717) is 6.10 Å². The van der Waals surface area contributed by atoms with Gasteiger partial charge in [-0.3, -0.25) is 4.90 Å². The molecule has 0 unspecified atom stereocenters. The number of benzene rings is 1. The zero-order valence-electron chi connectivity index (χ0n) is 17.0. The number of hydrogen-bond acceptors (Lipinski definition) is 4. The van der Waals surface area contributed by atoms with Gasteiger partial charge in [0.15, 0.2) is 0 Å². The number of aliphatic hydroxyl groups is 1. The predicted octanol–water partition coefficient (Wildman–Crippen LogP) is 3.71. The van der Waals surface area contributed by atoms with Crippen molar-refractivity contribution in [1.82, 2.24) is 14.7 Å². The molecule has 2 saturated heterocycles. The second-order valence-corrected chi connectivity index (χ2v) is 8.69. The summed E-state index contributed by atoms with van der Waals surface area (Å²) in [5, 5.41) is 14.4. The minimum absolute atomic E-state index is 0.0531. The summed E-state index contributed by atoms with van der Waals surface area (Å²) in [6.45, 7) is 6.45. The number of piperidine rings is 1. The van der Waals surface area contributed by atoms with Crippen LogP contribution in [0, 0.1) is 12.3 Å². The van der Waals surface area contributed by atoms with Crippen molar-refractivity contribution in [2.75, 3.05) is 26.3 Å². The third-order valence-electron chi connectivity index (χ3n) is 6.68. The number of nitrogens with zero attached hydrogens (tertiary/aromatic N) is 3. The summed E-state index contributed by atoms with van der Waals surface area (Å²) in [4.78, 5) is 2.53. The highest BCUT2D eigenvalue weighted by Crippen LogP contribution is 2.38. The molecule has 0 saturated carbocycles. The second kappa shape index (κ2) is 8.76. The Morgan fingerprint density at radius 1 is 1.25 bits per heavy atom. The maximum Gasteiger partial charge on any atom is 0.0648 e. The standard InChI is InChI=1S/C23H33N3O2/c1-19-15-21(26-11-4-10-24-26)7-6-20(19)17-25-12-8-23(18-27,9-13-25)16-22-5-2-3-14-28-22/h4,6-7,10-11,15,22,27H,2-3,5,8-9,12-14,16-18H2,1H3/t22-/m1/s1. The summed E-state index contributed by atoms with van der Waals surface area (Å²) in [5.74, 6) is 0. The van der Waals surface area contributed by atoms with Crippen LogP contribution in [0.4, 0.5) is 0 Å². The summed E-state index contributed by atoms with van der Waals surface area (Å²) in [6.07, 6.45) is 10.9. The zero-order valence-corrected chi connectivity index (χ0v) is 17.0. The van der Waals surface area contributed by atoms with E-state index in [1.807, 2.05) is 23.1 Å². The first-order valence-corrected chi connectivity index (χ1v) is 10.7. The molecule has 5 heteroatoms. The topological polar surface area (TPSA) is 50.5 Å². The summed E-state index contributed by atoms with van der Waals surface area (Å²) in [6, 6.07) is 8.54. The molecule has 0 spiro atoms. The predicted molar refractivity (Wildman–Crippen MR) is 111 cm³/mol. The molecular formula is C23H33N3O2. The van der Waals surface area contributed by atoms with Crippen molar-refractivity contribution in [3.8, 4) is 5.69 Å². The third kappa shape index (κ3) is 4.48.